The molecular formula is C17H28O. The van der Waals surface area contributed by atoms with Crippen molar-refractivity contribution in [3.05, 3.63) is 11.1 Å². The van der Waals surface area contributed by atoms with E-state index in [1.807, 2.05) is 0 Å². The van der Waals surface area contributed by atoms with Gasteiger partial charge in [-0.25, -0.2) is 0 Å². The molecule has 2 aliphatic carbocycles. The van der Waals surface area contributed by atoms with Gasteiger partial charge < -0.3 is 0 Å². The van der Waals surface area contributed by atoms with E-state index in [-0.39, 0.29) is 0 Å². The normalized spacial score (nSPS) is 25.6. The number of carbonyl (C=O) groups excluding carboxylic acids is 1. The molecule has 1 atom stereocenters. The maximum Gasteiger partial charge on any atom is 0.140 e. The summed E-state index contributed by atoms with van der Waals surface area (Å²) < 4.78 is 0. The first-order valence-corrected chi connectivity index (χ1v) is 8.06. The van der Waals surface area contributed by atoms with Gasteiger partial charge in [0.15, 0.2) is 0 Å². The second-order valence-electron chi connectivity index (χ2n) is 6.06. The van der Waals surface area contributed by atoms with Gasteiger partial charge in [0.25, 0.3) is 0 Å². The Morgan fingerprint density at radius 1 is 0.944 bits per heavy atom. The lowest BCUT2D eigenvalue weighted by atomic mass is 9.75. The molecule has 0 radical (unpaired) electrons. The highest BCUT2D eigenvalue weighted by atomic mass is 16.1. The minimum atomic E-state index is 0.318. The van der Waals surface area contributed by atoms with Gasteiger partial charge in [-0.3, -0.25) is 4.79 Å². The van der Waals surface area contributed by atoms with Crippen LogP contribution in [-0.2, 0) is 4.79 Å². The molecule has 102 valence electrons. The predicted octanol–water partition coefficient (Wildman–Crippen LogP) is 5.20. The topological polar surface area (TPSA) is 17.1 Å². The summed E-state index contributed by atoms with van der Waals surface area (Å²) in [6.07, 6.45) is 14.8. The van der Waals surface area contributed by atoms with Crippen molar-refractivity contribution in [2.75, 3.05) is 0 Å². The average Bonchev–Trinajstić information content (AvgIpc) is 2.42. The molecule has 0 saturated heterocycles. The third-order valence-corrected chi connectivity index (χ3v) is 4.69. The summed E-state index contributed by atoms with van der Waals surface area (Å²) in [5, 5.41) is 0. The van der Waals surface area contributed by atoms with Gasteiger partial charge in [0, 0.05) is 12.3 Å². The van der Waals surface area contributed by atoms with Crippen molar-refractivity contribution < 1.29 is 4.79 Å². The molecule has 2 rings (SSSR count). The van der Waals surface area contributed by atoms with Crippen LogP contribution in [0.3, 0.4) is 0 Å². The minimum absolute atomic E-state index is 0.318. The van der Waals surface area contributed by atoms with Gasteiger partial charge >= 0.3 is 0 Å². The molecule has 0 aliphatic heterocycles. The Balaban J connectivity index is 2.06. The summed E-state index contributed by atoms with van der Waals surface area (Å²) in [5.74, 6) is 0.865. The van der Waals surface area contributed by atoms with Crippen molar-refractivity contribution in [2.45, 2.75) is 84.0 Å². The van der Waals surface area contributed by atoms with E-state index < -0.39 is 0 Å². The van der Waals surface area contributed by atoms with E-state index in [4.69, 9.17) is 0 Å². The van der Waals surface area contributed by atoms with Crippen LogP contribution in [0.5, 0.6) is 0 Å². The van der Waals surface area contributed by atoms with Gasteiger partial charge in [0.05, 0.1) is 0 Å². The maximum absolute atomic E-state index is 12.2. The molecule has 0 N–H and O–H groups in total. The molecule has 18 heavy (non-hydrogen) atoms. The van der Waals surface area contributed by atoms with Crippen LogP contribution in [0, 0.1) is 5.92 Å². The zero-order chi connectivity index (χ0) is 12.8. The minimum Gasteiger partial charge on any atom is -0.299 e. The van der Waals surface area contributed by atoms with E-state index in [0.29, 0.717) is 11.7 Å². The molecule has 0 bridgehead atoms. The lowest BCUT2D eigenvalue weighted by molar-refractivity contribution is -0.123. The van der Waals surface area contributed by atoms with E-state index in [9.17, 15) is 4.79 Å². The molecule has 1 heteroatoms. The molecule has 0 aromatic heterocycles. The quantitative estimate of drug-likeness (QED) is 0.494. The number of Topliss-reactive ketones (excluding diaryl/α,β-unsaturated/α-hetero) is 1. The monoisotopic (exact) mass is 248 g/mol. The number of ketones is 1. The number of carbonyl (C=O) groups is 1. The van der Waals surface area contributed by atoms with Gasteiger partial charge in [0.2, 0.25) is 0 Å². The molecular weight excluding hydrogens is 220 g/mol. The Morgan fingerprint density at radius 3 is 2.44 bits per heavy atom. The van der Waals surface area contributed by atoms with Crippen molar-refractivity contribution >= 4 is 5.78 Å². The van der Waals surface area contributed by atoms with Crippen LogP contribution in [0.25, 0.3) is 0 Å². The van der Waals surface area contributed by atoms with Crippen LogP contribution in [0.15, 0.2) is 11.1 Å². The molecule has 0 aromatic rings. The van der Waals surface area contributed by atoms with Crippen molar-refractivity contribution in [1.82, 2.24) is 0 Å². The average molecular weight is 248 g/mol. The molecule has 0 aromatic carbocycles. The van der Waals surface area contributed by atoms with Crippen LogP contribution in [0.4, 0.5) is 0 Å². The van der Waals surface area contributed by atoms with Gasteiger partial charge in [-0.15, -0.1) is 0 Å². The van der Waals surface area contributed by atoms with E-state index in [0.717, 1.165) is 19.3 Å². The van der Waals surface area contributed by atoms with Gasteiger partial charge in [0.1, 0.15) is 5.78 Å². The van der Waals surface area contributed by atoms with Crippen molar-refractivity contribution in [2.24, 2.45) is 5.92 Å². The largest absolute Gasteiger partial charge is 0.299 e. The van der Waals surface area contributed by atoms with Gasteiger partial charge in [-0.1, -0.05) is 43.8 Å². The third-order valence-electron chi connectivity index (χ3n) is 4.69. The first-order valence-electron chi connectivity index (χ1n) is 8.06. The van der Waals surface area contributed by atoms with Crippen LogP contribution in [-0.4, -0.2) is 5.78 Å². The first-order chi connectivity index (χ1) is 8.83. The van der Waals surface area contributed by atoms with Crippen molar-refractivity contribution in [1.29, 1.82) is 0 Å². The Labute approximate surface area is 112 Å². The summed E-state index contributed by atoms with van der Waals surface area (Å²) in [6, 6.07) is 0. The summed E-state index contributed by atoms with van der Waals surface area (Å²) in [6.45, 7) is 2.24. The van der Waals surface area contributed by atoms with Gasteiger partial charge in [-0.05, 0) is 44.9 Å². The van der Waals surface area contributed by atoms with Crippen LogP contribution < -0.4 is 0 Å². The standard InChI is InChI=1S/C17H28O/c1-2-3-5-11-16-15(12-8-13-17(16)18)14-9-6-4-7-10-14/h16H,2-13H2,1H3. The Morgan fingerprint density at radius 2 is 1.72 bits per heavy atom. The number of rotatable bonds is 4. The molecule has 2 aliphatic rings. The van der Waals surface area contributed by atoms with E-state index in [2.05, 4.69) is 6.92 Å². The maximum atomic E-state index is 12.2. The van der Waals surface area contributed by atoms with E-state index >= 15 is 0 Å². The fourth-order valence-corrected chi connectivity index (χ4v) is 3.65. The predicted molar refractivity (Wildman–Crippen MR) is 76.6 cm³/mol. The number of hydrogen-bond donors (Lipinski definition) is 0. The Hall–Kier alpha value is -0.590. The number of unbranched alkanes of at least 4 members (excludes halogenated alkanes) is 2. The van der Waals surface area contributed by atoms with Crippen LogP contribution in [0.1, 0.15) is 84.0 Å². The fourth-order valence-electron chi connectivity index (χ4n) is 3.65. The number of allylic oxidation sites excluding steroid dienone is 2. The fraction of sp³-hybridized carbons (Fsp3) is 0.824. The molecule has 0 heterocycles. The second-order valence-corrected chi connectivity index (χ2v) is 6.06. The molecule has 1 unspecified atom stereocenters. The molecule has 1 nitrogen and oxygen atoms in total. The molecule has 0 spiro atoms. The zero-order valence-electron chi connectivity index (χ0n) is 12.0. The highest BCUT2D eigenvalue weighted by Gasteiger charge is 2.28. The highest BCUT2D eigenvalue weighted by Crippen LogP contribution is 2.37. The van der Waals surface area contributed by atoms with Crippen molar-refractivity contribution in [3.63, 3.8) is 0 Å². The number of hydrogen-bond acceptors (Lipinski definition) is 1. The SMILES string of the molecule is CCCCCC1C(=O)CCCC1=C1CCCCC1. The molecule has 2 saturated carbocycles. The Bertz CT molecular complexity index is 306. The summed E-state index contributed by atoms with van der Waals surface area (Å²) in [7, 11) is 0. The van der Waals surface area contributed by atoms with Gasteiger partial charge in [-0.2, -0.15) is 0 Å². The smallest absolute Gasteiger partial charge is 0.140 e. The van der Waals surface area contributed by atoms with Crippen LogP contribution >= 0.6 is 0 Å². The highest BCUT2D eigenvalue weighted by molar-refractivity contribution is 5.85. The summed E-state index contributed by atoms with van der Waals surface area (Å²) in [4.78, 5) is 12.2. The molecule has 0 amide bonds. The Kier molecular flexibility index (Phi) is 5.46. The first kappa shape index (κ1) is 13.8. The lowest BCUT2D eigenvalue weighted by Gasteiger charge is -2.29. The zero-order valence-corrected chi connectivity index (χ0v) is 12.0. The third kappa shape index (κ3) is 3.46. The van der Waals surface area contributed by atoms with Crippen molar-refractivity contribution in [3.8, 4) is 0 Å². The summed E-state index contributed by atoms with van der Waals surface area (Å²) in [5.41, 5.74) is 3.26. The molecule has 2 fully saturated rings. The summed E-state index contributed by atoms with van der Waals surface area (Å²) >= 11 is 0. The van der Waals surface area contributed by atoms with E-state index in [1.165, 1.54) is 57.8 Å². The lowest BCUT2D eigenvalue weighted by Crippen LogP contribution is -2.23. The van der Waals surface area contributed by atoms with Crippen LogP contribution in [0.2, 0.25) is 0 Å². The second kappa shape index (κ2) is 7.11. The van der Waals surface area contributed by atoms with E-state index in [1.54, 1.807) is 11.1 Å².